The Morgan fingerprint density at radius 2 is 1.22 bits per heavy atom. The minimum atomic E-state index is -6.85. The Kier molecular flexibility index (Phi) is 7.29. The molecule has 1 aromatic carbocycles. The van der Waals surface area contributed by atoms with Crippen molar-refractivity contribution in [2.24, 2.45) is 5.92 Å². The average Bonchev–Trinajstić information content (AvgIpc) is 2.61. The number of phenolic OH excluding ortho intramolecular Hbond substituents is 1. The largest absolute Gasteiger partial charge is 0.507 e. The Hall–Kier alpha value is -1.79. The lowest BCUT2D eigenvalue weighted by Gasteiger charge is -2.60. The highest BCUT2D eigenvalue weighted by Crippen LogP contribution is 2.67. The molecule has 2 nitrogen and oxygen atoms in total. The summed E-state index contributed by atoms with van der Waals surface area (Å²) in [6, 6.07) is -2.38. The Labute approximate surface area is 201 Å². The van der Waals surface area contributed by atoms with Crippen molar-refractivity contribution < 1.29 is 53.4 Å². The molecule has 0 aromatic heterocycles. The first-order chi connectivity index (χ1) is 15.7. The molecule has 0 bridgehead atoms. The van der Waals surface area contributed by atoms with Crippen molar-refractivity contribution in [1.29, 1.82) is 0 Å². The van der Waals surface area contributed by atoms with Crippen molar-refractivity contribution in [2.75, 3.05) is 6.54 Å². The van der Waals surface area contributed by atoms with E-state index in [1.54, 1.807) is 41.5 Å². The monoisotopic (exact) mass is 543 g/mol. The van der Waals surface area contributed by atoms with Gasteiger partial charge in [0.1, 0.15) is 5.75 Å². The molecular formula is C23H28F11NO. The third-order valence-electron chi connectivity index (χ3n) is 6.24. The lowest BCUT2D eigenvalue weighted by atomic mass is 9.76. The van der Waals surface area contributed by atoms with Crippen molar-refractivity contribution in [2.45, 2.75) is 95.3 Å². The van der Waals surface area contributed by atoms with E-state index in [1.165, 1.54) is 12.1 Å². The van der Waals surface area contributed by atoms with Crippen molar-refractivity contribution in [3.63, 3.8) is 0 Å². The van der Waals surface area contributed by atoms with Crippen molar-refractivity contribution in [3.05, 3.63) is 28.8 Å². The van der Waals surface area contributed by atoms with Crippen LogP contribution in [0.5, 0.6) is 5.75 Å². The molecular weight excluding hydrogens is 515 g/mol. The van der Waals surface area contributed by atoms with Crippen LogP contribution < -0.4 is 0 Å². The van der Waals surface area contributed by atoms with E-state index in [2.05, 4.69) is 0 Å². The first-order valence-corrected chi connectivity index (χ1v) is 10.9. The predicted molar refractivity (Wildman–Crippen MR) is 110 cm³/mol. The highest BCUT2D eigenvalue weighted by Gasteiger charge is 2.92. The van der Waals surface area contributed by atoms with Crippen LogP contribution in [-0.2, 0) is 17.3 Å². The number of alkyl halides is 11. The van der Waals surface area contributed by atoms with Gasteiger partial charge < -0.3 is 5.11 Å². The van der Waals surface area contributed by atoms with Crippen molar-refractivity contribution >= 4 is 0 Å². The molecule has 1 fully saturated rings. The minimum absolute atomic E-state index is 0.0476. The Balaban J connectivity index is 2.44. The van der Waals surface area contributed by atoms with Gasteiger partial charge >= 0.3 is 24.3 Å². The summed E-state index contributed by atoms with van der Waals surface area (Å²) in [4.78, 5) is -1.35. The summed E-state index contributed by atoms with van der Waals surface area (Å²) in [7, 11) is 0. The van der Waals surface area contributed by atoms with Gasteiger partial charge in [-0.3, -0.25) is 0 Å². The summed E-state index contributed by atoms with van der Waals surface area (Å²) < 4.78 is 149. The molecule has 1 N–H and O–H groups in total. The first-order valence-electron chi connectivity index (χ1n) is 10.9. The minimum Gasteiger partial charge on any atom is -0.507 e. The molecule has 0 amide bonds. The SMILES string of the molecule is CC(C)(C)c1cc(CCCN2C(F)(F)C(C(F)(F)F)C2(F)C(F)(F)C(F)(F)F)cc(C(C)(C)C)c1O. The Bertz CT molecular complexity index is 935. The van der Waals surface area contributed by atoms with E-state index in [4.69, 9.17) is 0 Å². The molecule has 208 valence electrons. The molecule has 0 saturated carbocycles. The summed E-state index contributed by atoms with van der Waals surface area (Å²) in [5, 5.41) is 10.7. The molecule has 0 spiro atoms. The summed E-state index contributed by atoms with van der Waals surface area (Å²) in [5.74, 6) is -17.4. The Morgan fingerprint density at radius 1 is 0.806 bits per heavy atom. The van der Waals surface area contributed by atoms with Crippen molar-refractivity contribution in [1.82, 2.24) is 4.90 Å². The van der Waals surface area contributed by atoms with Gasteiger partial charge in [-0.1, -0.05) is 53.7 Å². The fourth-order valence-electron chi connectivity index (χ4n) is 4.39. The number of hydrogen-bond acceptors (Lipinski definition) is 2. The van der Waals surface area contributed by atoms with Crippen LogP contribution in [0.4, 0.5) is 48.3 Å². The summed E-state index contributed by atoms with van der Waals surface area (Å²) in [6.07, 6.45) is -14.2. The lowest BCUT2D eigenvalue weighted by Crippen LogP contribution is -2.85. The first kappa shape index (κ1) is 30.4. The topological polar surface area (TPSA) is 23.5 Å². The maximum atomic E-state index is 14.9. The highest BCUT2D eigenvalue weighted by molar-refractivity contribution is 5.50. The smallest absolute Gasteiger partial charge is 0.458 e. The van der Waals surface area contributed by atoms with Crippen LogP contribution in [-0.4, -0.2) is 46.7 Å². The zero-order valence-corrected chi connectivity index (χ0v) is 20.4. The molecule has 2 atom stereocenters. The maximum absolute atomic E-state index is 14.9. The van der Waals surface area contributed by atoms with Gasteiger partial charge in [0.05, 0.1) is 0 Å². The summed E-state index contributed by atoms with van der Waals surface area (Å²) >= 11 is 0. The number of aromatic hydroxyl groups is 1. The number of benzene rings is 1. The predicted octanol–water partition coefficient (Wildman–Crippen LogP) is 7.87. The summed E-state index contributed by atoms with van der Waals surface area (Å²) in [5.41, 5.74) is -0.0220. The van der Waals surface area contributed by atoms with Gasteiger partial charge in [-0.05, 0) is 40.4 Å². The van der Waals surface area contributed by atoms with E-state index in [0.29, 0.717) is 16.7 Å². The second-order valence-corrected chi connectivity index (χ2v) is 11.1. The highest BCUT2D eigenvalue weighted by atomic mass is 19.4. The van der Waals surface area contributed by atoms with E-state index >= 15 is 0 Å². The molecule has 2 rings (SSSR count). The number of halogens is 11. The quantitative estimate of drug-likeness (QED) is 0.302. The molecule has 1 aromatic rings. The number of phenols is 1. The fourth-order valence-corrected chi connectivity index (χ4v) is 4.39. The number of hydrogen-bond donors (Lipinski definition) is 1. The van der Waals surface area contributed by atoms with Gasteiger partial charge in [-0.15, -0.1) is 0 Å². The van der Waals surface area contributed by atoms with Gasteiger partial charge in [0, 0.05) is 6.54 Å². The second kappa shape index (κ2) is 8.62. The van der Waals surface area contributed by atoms with Crippen LogP contribution in [0.3, 0.4) is 0 Å². The van der Waals surface area contributed by atoms with Crippen LogP contribution in [0.1, 0.15) is 64.7 Å². The average molecular weight is 543 g/mol. The second-order valence-electron chi connectivity index (χ2n) is 11.1. The van der Waals surface area contributed by atoms with Crippen LogP contribution in [0.25, 0.3) is 0 Å². The van der Waals surface area contributed by atoms with Crippen LogP contribution in [0.2, 0.25) is 0 Å². The van der Waals surface area contributed by atoms with Crippen LogP contribution >= 0.6 is 0 Å². The third kappa shape index (κ3) is 4.88. The van der Waals surface area contributed by atoms with Gasteiger partial charge in [-0.25, -0.2) is 9.29 Å². The van der Waals surface area contributed by atoms with Gasteiger partial charge in [0.2, 0.25) is 0 Å². The normalized spacial score (nSPS) is 24.1. The third-order valence-corrected chi connectivity index (χ3v) is 6.24. The van der Waals surface area contributed by atoms with E-state index in [9.17, 15) is 53.4 Å². The molecule has 36 heavy (non-hydrogen) atoms. The fraction of sp³-hybridized carbons (Fsp3) is 0.739. The molecule has 13 heteroatoms. The summed E-state index contributed by atoms with van der Waals surface area (Å²) in [6.45, 7) is 9.03. The number of rotatable bonds is 5. The van der Waals surface area contributed by atoms with E-state index in [-0.39, 0.29) is 12.2 Å². The molecule has 0 aliphatic carbocycles. The standard InChI is InChI=1S/C23H28F11NO/c1-17(2,3)13-10-12(11-14(15(13)36)18(4,5)6)8-7-9-35-19(24,22(30,31)23(32,33)34)16(20(25,26)27)21(35,28)29/h10-11,16,36H,7-9H2,1-6H3. The van der Waals surface area contributed by atoms with Gasteiger partial charge in [0.15, 0.2) is 5.92 Å². The van der Waals surface area contributed by atoms with Crippen LogP contribution in [0, 0.1) is 5.92 Å². The van der Waals surface area contributed by atoms with Crippen molar-refractivity contribution in [3.8, 4) is 5.75 Å². The molecule has 1 heterocycles. The zero-order chi connectivity index (χ0) is 28.5. The van der Waals surface area contributed by atoms with E-state index < -0.39 is 64.7 Å². The molecule has 0 radical (unpaired) electrons. The number of nitrogens with zero attached hydrogens (tertiary/aromatic N) is 1. The number of likely N-dealkylation sites (tertiary alicyclic amines) is 1. The lowest BCUT2D eigenvalue weighted by molar-refractivity contribution is -0.502. The molecule has 1 saturated heterocycles. The van der Waals surface area contributed by atoms with Gasteiger partial charge in [0.25, 0.3) is 5.79 Å². The van der Waals surface area contributed by atoms with E-state index in [1.807, 2.05) is 0 Å². The maximum Gasteiger partial charge on any atom is 0.458 e. The molecule has 1 aliphatic heterocycles. The zero-order valence-electron chi connectivity index (χ0n) is 20.4. The Morgan fingerprint density at radius 3 is 1.56 bits per heavy atom. The van der Waals surface area contributed by atoms with Crippen LogP contribution in [0.15, 0.2) is 12.1 Å². The van der Waals surface area contributed by atoms with Gasteiger partial charge in [-0.2, -0.15) is 43.9 Å². The van der Waals surface area contributed by atoms with E-state index in [0.717, 1.165) is 0 Å². The molecule has 2 unspecified atom stereocenters. The molecule has 1 aliphatic rings. The number of aryl methyl sites for hydroxylation is 1.